The van der Waals surface area contributed by atoms with E-state index in [0.717, 1.165) is 17.8 Å². The van der Waals surface area contributed by atoms with Gasteiger partial charge in [0.2, 0.25) is 0 Å². The summed E-state index contributed by atoms with van der Waals surface area (Å²) in [6, 6.07) is 10.0. The number of carbonyl (C=O) groups is 1. The Morgan fingerprint density at radius 3 is 2.68 bits per heavy atom. The number of anilines is 2. The minimum Gasteiger partial charge on any atom is -0.355 e. The van der Waals surface area contributed by atoms with Crippen LogP contribution in [0.2, 0.25) is 0 Å². The lowest BCUT2D eigenvalue weighted by Crippen LogP contribution is -2.47. The standard InChI is InChI=1S/C22H27N3O3/c1-3-17-6-4-5-16(2)20(17)24-18-7-10-23-19(15-18)21(26)25-11-8-22(9-12-25)27-13-14-28-22/h4-7,10,15H,3,8-9,11-14H2,1-2H3,(H,23,24). The Morgan fingerprint density at radius 1 is 1.21 bits per heavy atom. The number of pyridine rings is 1. The average molecular weight is 381 g/mol. The van der Waals surface area contributed by atoms with Crippen molar-refractivity contribution in [3.8, 4) is 0 Å². The van der Waals surface area contributed by atoms with Gasteiger partial charge in [-0.15, -0.1) is 0 Å². The molecule has 6 heteroatoms. The Balaban J connectivity index is 1.47. The number of rotatable bonds is 4. The van der Waals surface area contributed by atoms with E-state index >= 15 is 0 Å². The largest absolute Gasteiger partial charge is 0.355 e. The summed E-state index contributed by atoms with van der Waals surface area (Å²) in [5, 5.41) is 3.48. The van der Waals surface area contributed by atoms with Gasteiger partial charge in [0.05, 0.1) is 13.2 Å². The molecule has 1 aromatic carbocycles. The first-order valence-electron chi connectivity index (χ1n) is 9.99. The van der Waals surface area contributed by atoms with Crippen molar-refractivity contribution in [2.45, 2.75) is 38.9 Å². The maximum Gasteiger partial charge on any atom is 0.272 e. The van der Waals surface area contributed by atoms with Crippen molar-refractivity contribution in [2.24, 2.45) is 0 Å². The summed E-state index contributed by atoms with van der Waals surface area (Å²) in [6.45, 7) is 6.75. The highest BCUT2D eigenvalue weighted by Gasteiger charge is 2.41. The molecule has 0 bridgehead atoms. The molecule has 0 atom stereocenters. The second kappa shape index (κ2) is 7.89. The van der Waals surface area contributed by atoms with Gasteiger partial charge in [-0.25, -0.2) is 0 Å². The van der Waals surface area contributed by atoms with Crippen LogP contribution in [0.3, 0.4) is 0 Å². The number of likely N-dealkylation sites (tertiary alicyclic amines) is 1. The second-order valence-corrected chi connectivity index (χ2v) is 7.42. The van der Waals surface area contributed by atoms with Gasteiger partial charge in [0.15, 0.2) is 5.79 Å². The van der Waals surface area contributed by atoms with Crippen LogP contribution in [0.1, 0.15) is 41.4 Å². The van der Waals surface area contributed by atoms with Crippen LogP contribution in [0.4, 0.5) is 11.4 Å². The van der Waals surface area contributed by atoms with E-state index in [1.807, 2.05) is 17.0 Å². The van der Waals surface area contributed by atoms with Gasteiger partial charge in [0.25, 0.3) is 5.91 Å². The van der Waals surface area contributed by atoms with E-state index in [1.54, 1.807) is 6.20 Å². The highest BCUT2D eigenvalue weighted by Crippen LogP contribution is 2.32. The smallest absolute Gasteiger partial charge is 0.272 e. The number of ether oxygens (including phenoxy) is 2. The molecule has 3 heterocycles. The summed E-state index contributed by atoms with van der Waals surface area (Å²) in [5.41, 5.74) is 4.87. The monoisotopic (exact) mass is 381 g/mol. The fourth-order valence-electron chi connectivity index (χ4n) is 3.97. The van der Waals surface area contributed by atoms with Crippen LogP contribution in [0.15, 0.2) is 36.5 Å². The number of nitrogens with zero attached hydrogens (tertiary/aromatic N) is 2. The lowest BCUT2D eigenvalue weighted by atomic mass is 10.0. The van der Waals surface area contributed by atoms with Crippen LogP contribution in [0.5, 0.6) is 0 Å². The van der Waals surface area contributed by atoms with Gasteiger partial charge in [-0.3, -0.25) is 9.78 Å². The number of aryl methyl sites for hydroxylation is 2. The van der Waals surface area contributed by atoms with E-state index in [9.17, 15) is 4.79 Å². The lowest BCUT2D eigenvalue weighted by Gasteiger charge is -2.37. The molecule has 148 valence electrons. The van der Waals surface area contributed by atoms with E-state index in [1.165, 1.54) is 11.1 Å². The lowest BCUT2D eigenvalue weighted by molar-refractivity contribution is -0.181. The van der Waals surface area contributed by atoms with Crippen molar-refractivity contribution in [2.75, 3.05) is 31.6 Å². The number of aromatic nitrogens is 1. The molecule has 2 aliphatic rings. The molecule has 2 fully saturated rings. The van der Waals surface area contributed by atoms with Crippen molar-refractivity contribution < 1.29 is 14.3 Å². The van der Waals surface area contributed by atoms with E-state index in [2.05, 4.69) is 42.3 Å². The molecule has 4 rings (SSSR count). The van der Waals surface area contributed by atoms with E-state index < -0.39 is 5.79 Å². The first-order chi connectivity index (χ1) is 13.6. The van der Waals surface area contributed by atoms with Gasteiger partial charge < -0.3 is 19.7 Å². The third-order valence-electron chi connectivity index (χ3n) is 5.61. The van der Waals surface area contributed by atoms with Crippen molar-refractivity contribution in [1.29, 1.82) is 0 Å². The molecule has 0 unspecified atom stereocenters. The average Bonchev–Trinajstić information content (AvgIpc) is 3.18. The molecular weight excluding hydrogens is 354 g/mol. The molecule has 0 aliphatic carbocycles. The summed E-state index contributed by atoms with van der Waals surface area (Å²) >= 11 is 0. The zero-order chi connectivity index (χ0) is 19.6. The predicted molar refractivity (Wildman–Crippen MR) is 108 cm³/mol. The summed E-state index contributed by atoms with van der Waals surface area (Å²) in [6.07, 6.45) is 4.05. The molecule has 1 spiro atoms. The minimum absolute atomic E-state index is 0.0444. The Hall–Kier alpha value is -2.44. The number of hydrogen-bond acceptors (Lipinski definition) is 5. The maximum atomic E-state index is 13.0. The third kappa shape index (κ3) is 3.75. The van der Waals surface area contributed by atoms with Gasteiger partial charge in [0, 0.05) is 43.5 Å². The summed E-state index contributed by atoms with van der Waals surface area (Å²) < 4.78 is 11.5. The van der Waals surface area contributed by atoms with Gasteiger partial charge in [-0.05, 0) is 36.6 Å². The van der Waals surface area contributed by atoms with Crippen LogP contribution in [-0.4, -0.2) is 47.9 Å². The summed E-state index contributed by atoms with van der Waals surface area (Å²) in [5.74, 6) is -0.522. The first-order valence-corrected chi connectivity index (χ1v) is 9.99. The van der Waals surface area contributed by atoms with Crippen molar-refractivity contribution in [1.82, 2.24) is 9.88 Å². The molecule has 1 N–H and O–H groups in total. The zero-order valence-corrected chi connectivity index (χ0v) is 16.5. The second-order valence-electron chi connectivity index (χ2n) is 7.42. The summed E-state index contributed by atoms with van der Waals surface area (Å²) in [7, 11) is 0. The fraction of sp³-hybridized carbons (Fsp3) is 0.455. The topological polar surface area (TPSA) is 63.7 Å². The molecule has 0 radical (unpaired) electrons. The highest BCUT2D eigenvalue weighted by atomic mass is 16.7. The van der Waals surface area contributed by atoms with Crippen molar-refractivity contribution in [3.05, 3.63) is 53.3 Å². The number of hydrogen-bond donors (Lipinski definition) is 1. The van der Waals surface area contributed by atoms with E-state index in [4.69, 9.17) is 9.47 Å². The van der Waals surface area contributed by atoms with Crippen molar-refractivity contribution >= 4 is 17.3 Å². The molecule has 2 aromatic rings. The predicted octanol–water partition coefficient (Wildman–Crippen LogP) is 3.68. The Kier molecular flexibility index (Phi) is 5.33. The molecule has 1 aromatic heterocycles. The van der Waals surface area contributed by atoms with Gasteiger partial charge in [-0.2, -0.15) is 0 Å². The van der Waals surface area contributed by atoms with Crippen LogP contribution in [0, 0.1) is 6.92 Å². The van der Waals surface area contributed by atoms with Gasteiger partial charge >= 0.3 is 0 Å². The fourth-order valence-corrected chi connectivity index (χ4v) is 3.97. The first kappa shape index (κ1) is 18.9. The molecule has 0 saturated carbocycles. The SMILES string of the molecule is CCc1cccc(C)c1Nc1ccnc(C(=O)N2CCC3(CC2)OCCO3)c1. The molecule has 28 heavy (non-hydrogen) atoms. The van der Waals surface area contributed by atoms with Crippen molar-refractivity contribution in [3.63, 3.8) is 0 Å². The van der Waals surface area contributed by atoms with Crippen LogP contribution < -0.4 is 5.32 Å². The number of piperidine rings is 1. The number of nitrogens with one attached hydrogen (secondary N) is 1. The van der Waals surface area contributed by atoms with Crippen LogP contribution >= 0.6 is 0 Å². The van der Waals surface area contributed by atoms with Crippen LogP contribution in [-0.2, 0) is 15.9 Å². The normalized spacial score (nSPS) is 18.4. The Bertz CT molecular complexity index is 852. The number of para-hydroxylation sites is 1. The number of amides is 1. The molecule has 1 amide bonds. The van der Waals surface area contributed by atoms with E-state index in [0.29, 0.717) is 44.8 Å². The molecule has 6 nitrogen and oxygen atoms in total. The maximum absolute atomic E-state index is 13.0. The molecule has 2 saturated heterocycles. The molecular formula is C22H27N3O3. The minimum atomic E-state index is -0.477. The highest BCUT2D eigenvalue weighted by molar-refractivity contribution is 5.93. The Labute approximate surface area is 165 Å². The Morgan fingerprint density at radius 2 is 1.96 bits per heavy atom. The summed E-state index contributed by atoms with van der Waals surface area (Å²) in [4.78, 5) is 19.1. The molecule has 2 aliphatic heterocycles. The van der Waals surface area contributed by atoms with Crippen LogP contribution in [0.25, 0.3) is 0 Å². The number of carbonyl (C=O) groups excluding carboxylic acids is 1. The number of benzene rings is 1. The van der Waals surface area contributed by atoms with E-state index in [-0.39, 0.29) is 5.91 Å². The quantitative estimate of drug-likeness (QED) is 0.875. The third-order valence-corrected chi connectivity index (χ3v) is 5.61. The van der Waals surface area contributed by atoms with Gasteiger partial charge in [0.1, 0.15) is 5.69 Å². The zero-order valence-electron chi connectivity index (χ0n) is 16.5. The van der Waals surface area contributed by atoms with Gasteiger partial charge in [-0.1, -0.05) is 25.1 Å².